The Labute approximate surface area is 79.7 Å². The minimum atomic E-state index is 0.241. The molecular formula is C12H16O. The zero-order valence-electron chi connectivity index (χ0n) is 8.09. The van der Waals surface area contributed by atoms with Gasteiger partial charge >= 0.3 is 0 Å². The van der Waals surface area contributed by atoms with Gasteiger partial charge in [-0.3, -0.25) is 0 Å². The molecule has 0 amide bonds. The van der Waals surface area contributed by atoms with Crippen LogP contribution in [0.25, 0.3) is 5.57 Å². The van der Waals surface area contributed by atoms with Crippen molar-refractivity contribution in [1.82, 2.24) is 0 Å². The maximum Gasteiger partial charge on any atom is 0.0434 e. The first kappa shape index (κ1) is 10.0. The molecule has 0 aliphatic carbocycles. The number of rotatable bonds is 4. The summed E-state index contributed by atoms with van der Waals surface area (Å²) >= 11 is 0. The smallest absolute Gasteiger partial charge is 0.0434 e. The van der Waals surface area contributed by atoms with E-state index in [2.05, 4.69) is 31.7 Å². The Morgan fingerprint density at radius 2 is 2.23 bits per heavy atom. The van der Waals surface area contributed by atoms with Crippen molar-refractivity contribution in [3.8, 4) is 0 Å². The molecule has 1 heteroatoms. The summed E-state index contributed by atoms with van der Waals surface area (Å²) in [5.41, 5.74) is 3.55. The van der Waals surface area contributed by atoms with Gasteiger partial charge in [-0.2, -0.15) is 0 Å². The van der Waals surface area contributed by atoms with Crippen LogP contribution < -0.4 is 0 Å². The maximum atomic E-state index is 8.68. The molecule has 0 saturated carbocycles. The molecule has 1 nitrogen and oxygen atoms in total. The highest BCUT2D eigenvalue weighted by atomic mass is 16.2. The molecule has 0 unspecified atom stereocenters. The summed E-state index contributed by atoms with van der Waals surface area (Å²) in [5, 5.41) is 8.68. The van der Waals surface area contributed by atoms with Crippen molar-refractivity contribution in [2.24, 2.45) is 0 Å². The Kier molecular flexibility index (Phi) is 3.71. The van der Waals surface area contributed by atoms with Crippen LogP contribution in [0.5, 0.6) is 0 Å². The normalized spacial score (nSPS) is 10.0. The zero-order valence-corrected chi connectivity index (χ0v) is 8.09. The molecule has 0 spiro atoms. The molecule has 70 valence electrons. The minimum absolute atomic E-state index is 0.241. The molecule has 0 saturated heterocycles. The van der Waals surface area contributed by atoms with Crippen molar-refractivity contribution in [3.63, 3.8) is 0 Å². The summed E-state index contributed by atoms with van der Waals surface area (Å²) in [6.07, 6.45) is 1.67. The molecule has 0 aliphatic rings. The third kappa shape index (κ3) is 3.03. The highest BCUT2D eigenvalue weighted by Gasteiger charge is 1.97. The van der Waals surface area contributed by atoms with Crippen LogP contribution >= 0.6 is 0 Å². The second kappa shape index (κ2) is 4.83. The van der Waals surface area contributed by atoms with Gasteiger partial charge in [-0.15, -0.1) is 0 Å². The largest absolute Gasteiger partial charge is 0.396 e. The topological polar surface area (TPSA) is 20.2 Å². The summed E-state index contributed by atoms with van der Waals surface area (Å²) in [6, 6.07) is 8.30. The van der Waals surface area contributed by atoms with Gasteiger partial charge in [0.05, 0.1) is 0 Å². The third-order valence-corrected chi connectivity index (χ3v) is 2.06. The molecule has 13 heavy (non-hydrogen) atoms. The molecule has 0 bridgehead atoms. The highest BCUT2D eigenvalue weighted by molar-refractivity contribution is 5.63. The average molecular weight is 176 g/mol. The molecule has 0 radical (unpaired) electrons. The quantitative estimate of drug-likeness (QED) is 0.748. The lowest BCUT2D eigenvalue weighted by Crippen LogP contribution is -1.87. The third-order valence-electron chi connectivity index (χ3n) is 2.06. The zero-order chi connectivity index (χ0) is 9.68. The first-order valence-electron chi connectivity index (χ1n) is 4.59. The van der Waals surface area contributed by atoms with Crippen molar-refractivity contribution < 1.29 is 5.11 Å². The van der Waals surface area contributed by atoms with Crippen LogP contribution in [-0.2, 0) is 0 Å². The number of allylic oxidation sites excluding steroid dienone is 1. The van der Waals surface area contributed by atoms with E-state index in [4.69, 9.17) is 5.11 Å². The molecule has 1 aromatic rings. The van der Waals surface area contributed by atoms with E-state index in [9.17, 15) is 0 Å². The van der Waals surface area contributed by atoms with E-state index in [1.54, 1.807) is 0 Å². The first-order valence-corrected chi connectivity index (χ1v) is 4.59. The van der Waals surface area contributed by atoms with E-state index < -0.39 is 0 Å². The standard InChI is InChI=1S/C12H16O/c1-10-5-3-7-12(9-10)11(2)6-4-8-13/h3,5,7,9,13H,2,4,6,8H2,1H3. The Balaban J connectivity index is 2.66. The summed E-state index contributed by atoms with van der Waals surface area (Å²) in [5.74, 6) is 0. The lowest BCUT2D eigenvalue weighted by Gasteiger charge is -2.05. The molecular weight excluding hydrogens is 160 g/mol. The summed E-state index contributed by atoms with van der Waals surface area (Å²) in [4.78, 5) is 0. The molecule has 1 rings (SSSR count). The Hall–Kier alpha value is -1.08. The molecule has 0 atom stereocenters. The second-order valence-corrected chi connectivity index (χ2v) is 3.30. The van der Waals surface area contributed by atoms with Gasteiger partial charge in [-0.05, 0) is 30.9 Å². The second-order valence-electron chi connectivity index (χ2n) is 3.30. The van der Waals surface area contributed by atoms with Crippen molar-refractivity contribution in [3.05, 3.63) is 42.0 Å². The lowest BCUT2D eigenvalue weighted by molar-refractivity contribution is 0.290. The molecule has 0 fully saturated rings. The predicted molar refractivity (Wildman–Crippen MR) is 56.5 cm³/mol. The van der Waals surface area contributed by atoms with Crippen LogP contribution in [0.3, 0.4) is 0 Å². The van der Waals surface area contributed by atoms with Gasteiger partial charge < -0.3 is 5.11 Å². The van der Waals surface area contributed by atoms with E-state index >= 15 is 0 Å². The number of hydrogen-bond acceptors (Lipinski definition) is 1. The molecule has 1 N–H and O–H groups in total. The van der Waals surface area contributed by atoms with Crippen molar-refractivity contribution >= 4 is 5.57 Å². The van der Waals surface area contributed by atoms with Gasteiger partial charge in [0, 0.05) is 6.61 Å². The summed E-state index contributed by atoms with van der Waals surface area (Å²) < 4.78 is 0. The molecule has 1 aromatic carbocycles. The van der Waals surface area contributed by atoms with Crippen LogP contribution in [0, 0.1) is 6.92 Å². The minimum Gasteiger partial charge on any atom is -0.396 e. The Bertz CT molecular complexity index is 289. The van der Waals surface area contributed by atoms with Gasteiger partial charge in [-0.1, -0.05) is 36.4 Å². The van der Waals surface area contributed by atoms with Gasteiger partial charge in [-0.25, -0.2) is 0 Å². The first-order chi connectivity index (χ1) is 6.24. The average Bonchev–Trinajstić information content (AvgIpc) is 2.14. The highest BCUT2D eigenvalue weighted by Crippen LogP contribution is 2.18. The molecule has 0 aliphatic heterocycles. The fraction of sp³-hybridized carbons (Fsp3) is 0.333. The molecule has 0 heterocycles. The maximum absolute atomic E-state index is 8.68. The van der Waals surface area contributed by atoms with Gasteiger partial charge in [0.15, 0.2) is 0 Å². The number of benzene rings is 1. The van der Waals surface area contributed by atoms with Crippen LogP contribution in [-0.4, -0.2) is 11.7 Å². The summed E-state index contributed by atoms with van der Waals surface area (Å²) in [7, 11) is 0. The summed E-state index contributed by atoms with van der Waals surface area (Å²) in [6.45, 7) is 6.31. The van der Waals surface area contributed by atoms with Crippen LogP contribution in [0.4, 0.5) is 0 Å². The van der Waals surface area contributed by atoms with E-state index in [-0.39, 0.29) is 6.61 Å². The number of aliphatic hydroxyl groups excluding tert-OH is 1. The fourth-order valence-electron chi connectivity index (χ4n) is 1.30. The number of aryl methyl sites for hydroxylation is 1. The number of aliphatic hydroxyl groups is 1. The van der Waals surface area contributed by atoms with Gasteiger partial charge in [0.1, 0.15) is 0 Å². The SMILES string of the molecule is C=C(CCCO)c1cccc(C)c1. The number of hydrogen-bond donors (Lipinski definition) is 1. The van der Waals surface area contributed by atoms with Crippen LogP contribution in [0.15, 0.2) is 30.8 Å². The van der Waals surface area contributed by atoms with Gasteiger partial charge in [0.2, 0.25) is 0 Å². The molecule has 0 aromatic heterocycles. The fourth-order valence-corrected chi connectivity index (χ4v) is 1.30. The van der Waals surface area contributed by atoms with Crippen molar-refractivity contribution in [2.75, 3.05) is 6.61 Å². The van der Waals surface area contributed by atoms with E-state index in [0.29, 0.717) is 0 Å². The van der Waals surface area contributed by atoms with E-state index in [1.165, 1.54) is 11.1 Å². The van der Waals surface area contributed by atoms with E-state index in [1.807, 2.05) is 6.07 Å². The Morgan fingerprint density at radius 3 is 2.85 bits per heavy atom. The van der Waals surface area contributed by atoms with Crippen molar-refractivity contribution in [2.45, 2.75) is 19.8 Å². The van der Waals surface area contributed by atoms with Crippen LogP contribution in [0.1, 0.15) is 24.0 Å². The predicted octanol–water partition coefficient (Wildman–Crippen LogP) is 2.78. The lowest BCUT2D eigenvalue weighted by atomic mass is 10.0. The van der Waals surface area contributed by atoms with Crippen molar-refractivity contribution in [1.29, 1.82) is 0 Å². The van der Waals surface area contributed by atoms with E-state index in [0.717, 1.165) is 18.4 Å². The van der Waals surface area contributed by atoms with Gasteiger partial charge in [0.25, 0.3) is 0 Å². The van der Waals surface area contributed by atoms with Crippen LogP contribution in [0.2, 0.25) is 0 Å². The monoisotopic (exact) mass is 176 g/mol. The Morgan fingerprint density at radius 1 is 1.46 bits per heavy atom.